The minimum absolute atomic E-state index is 0.0178. The number of aliphatic carboxylic acids is 2. The number of nitrogens with one attached hydrogen (secondary N) is 2. The van der Waals surface area contributed by atoms with Crippen molar-refractivity contribution in [1.29, 1.82) is 0 Å². The average molecular weight is 666 g/mol. The van der Waals surface area contributed by atoms with Gasteiger partial charge in [0.1, 0.15) is 23.1 Å². The molecule has 234 valence electrons. The second-order valence-corrected chi connectivity index (χ2v) is 9.60. The Bertz CT molecular complexity index is 1570. The average Bonchev–Trinajstić information content (AvgIpc) is 3.27. The van der Waals surface area contributed by atoms with E-state index in [0.29, 0.717) is 33.0 Å². The van der Waals surface area contributed by atoms with Crippen molar-refractivity contribution in [2.24, 2.45) is 0 Å². The second kappa shape index (κ2) is 13.4. The fourth-order valence-corrected chi connectivity index (χ4v) is 4.18. The Morgan fingerprint density at radius 3 is 2.02 bits per heavy atom. The van der Waals surface area contributed by atoms with E-state index in [2.05, 4.69) is 20.3 Å². The molecule has 0 unspecified atom stereocenters. The van der Waals surface area contributed by atoms with E-state index in [1.165, 1.54) is 0 Å². The van der Waals surface area contributed by atoms with Gasteiger partial charge in [0.15, 0.2) is 0 Å². The highest BCUT2D eigenvalue weighted by Crippen LogP contribution is 2.45. The number of hydrogen-bond acceptors (Lipinski definition) is 7. The quantitative estimate of drug-likeness (QED) is 0.143. The fraction of sp³-hybridized carbons (Fsp3) is 0.192. The number of anilines is 2. The molecule has 44 heavy (non-hydrogen) atoms. The molecule has 0 fully saturated rings. The first-order valence-corrected chi connectivity index (χ1v) is 12.7. The maximum Gasteiger partial charge on any atom is 0.490 e. The summed E-state index contributed by atoms with van der Waals surface area (Å²) in [5.74, 6) is -3.61. The van der Waals surface area contributed by atoms with Gasteiger partial charge in [-0.1, -0.05) is 23.2 Å². The maximum absolute atomic E-state index is 10.6. The summed E-state index contributed by atoms with van der Waals surface area (Å²) < 4.78 is 69.2. The predicted octanol–water partition coefficient (Wildman–Crippen LogP) is 7.62. The number of alkyl halides is 6. The van der Waals surface area contributed by atoms with Gasteiger partial charge in [-0.3, -0.25) is 4.98 Å². The number of carbonyl (C=O) groups is 2. The molecule has 5 rings (SSSR count). The number of benzene rings is 1. The highest BCUT2D eigenvalue weighted by atomic mass is 35.5. The van der Waals surface area contributed by atoms with Crippen molar-refractivity contribution in [2.75, 3.05) is 5.32 Å². The van der Waals surface area contributed by atoms with Crippen molar-refractivity contribution in [3.8, 4) is 39.7 Å². The van der Waals surface area contributed by atoms with Crippen LogP contribution in [0.1, 0.15) is 13.8 Å². The number of rotatable bonds is 3. The normalized spacial score (nSPS) is 11.7. The van der Waals surface area contributed by atoms with Gasteiger partial charge >= 0.3 is 24.3 Å². The van der Waals surface area contributed by atoms with Crippen molar-refractivity contribution >= 4 is 46.6 Å². The Morgan fingerprint density at radius 1 is 0.932 bits per heavy atom. The van der Waals surface area contributed by atoms with Gasteiger partial charge in [-0.15, -0.1) is 0 Å². The lowest BCUT2D eigenvalue weighted by molar-refractivity contribution is -0.193. The van der Waals surface area contributed by atoms with Crippen LogP contribution < -0.4 is 10.1 Å². The summed E-state index contributed by atoms with van der Waals surface area (Å²) in [4.78, 5) is 34.8. The van der Waals surface area contributed by atoms with E-state index in [-0.39, 0.29) is 6.10 Å². The van der Waals surface area contributed by atoms with Gasteiger partial charge in [0, 0.05) is 23.5 Å². The molecule has 0 bridgehead atoms. The number of H-pyrrole nitrogens is 1. The lowest BCUT2D eigenvalue weighted by atomic mass is 10.1. The summed E-state index contributed by atoms with van der Waals surface area (Å²) in [7, 11) is 0. The zero-order valence-electron chi connectivity index (χ0n) is 22.2. The van der Waals surface area contributed by atoms with Crippen molar-refractivity contribution in [3.05, 3.63) is 59.0 Å². The van der Waals surface area contributed by atoms with Crippen LogP contribution in [0, 0.1) is 0 Å². The fourth-order valence-electron chi connectivity index (χ4n) is 3.53. The molecular formula is C26H19Cl2F6N5O5. The maximum atomic E-state index is 10.6. The van der Waals surface area contributed by atoms with E-state index in [1.807, 2.05) is 32.0 Å². The number of ether oxygens (including phenoxy) is 1. The lowest BCUT2D eigenvalue weighted by Gasteiger charge is -2.12. The molecule has 10 nitrogen and oxygen atoms in total. The van der Waals surface area contributed by atoms with Gasteiger partial charge in [-0.25, -0.2) is 19.6 Å². The molecule has 1 aliphatic heterocycles. The number of aromatic amines is 1. The highest BCUT2D eigenvalue weighted by Gasteiger charge is 2.39. The summed E-state index contributed by atoms with van der Waals surface area (Å²) in [5.41, 5.74) is 4.87. The topological polar surface area (TPSA) is 150 Å². The van der Waals surface area contributed by atoms with E-state index in [1.54, 1.807) is 30.7 Å². The summed E-state index contributed by atoms with van der Waals surface area (Å²) >= 11 is 13.2. The Hall–Kier alpha value is -4.57. The van der Waals surface area contributed by atoms with E-state index in [0.717, 1.165) is 28.2 Å². The Balaban J connectivity index is 0.000000317. The highest BCUT2D eigenvalue weighted by molar-refractivity contribution is 6.39. The van der Waals surface area contributed by atoms with Crippen molar-refractivity contribution in [2.45, 2.75) is 32.3 Å². The Labute approximate surface area is 253 Å². The number of carboxylic acids is 2. The molecule has 0 saturated heterocycles. The number of fused-ring (bicyclic) bond motifs is 5. The molecule has 0 atom stereocenters. The SMILES string of the molecule is CC(C)Oc1cc(Cl)c(-c2nc3c([nH]2)-c2ccncc2Nc2ncccc2-3)c(Cl)c1.O=C(O)C(F)(F)F.O=C(O)C(F)(F)F. The van der Waals surface area contributed by atoms with Crippen LogP contribution in [0.4, 0.5) is 37.8 Å². The van der Waals surface area contributed by atoms with Gasteiger partial charge in [-0.2, -0.15) is 26.3 Å². The van der Waals surface area contributed by atoms with Gasteiger partial charge in [0.25, 0.3) is 0 Å². The second-order valence-electron chi connectivity index (χ2n) is 8.79. The first-order chi connectivity index (χ1) is 20.4. The molecule has 0 radical (unpaired) electrons. The van der Waals surface area contributed by atoms with Gasteiger partial charge in [0.2, 0.25) is 0 Å². The monoisotopic (exact) mass is 665 g/mol. The van der Waals surface area contributed by atoms with E-state index in [9.17, 15) is 26.3 Å². The van der Waals surface area contributed by atoms with E-state index in [4.69, 9.17) is 52.7 Å². The number of hydrogen-bond donors (Lipinski definition) is 4. The Morgan fingerprint density at radius 2 is 1.50 bits per heavy atom. The van der Waals surface area contributed by atoms with Crippen LogP contribution in [0.5, 0.6) is 5.75 Å². The van der Waals surface area contributed by atoms with Crippen LogP contribution >= 0.6 is 23.2 Å². The summed E-state index contributed by atoms with van der Waals surface area (Å²) in [5, 5.41) is 18.5. The molecule has 4 N–H and O–H groups in total. The van der Waals surface area contributed by atoms with Gasteiger partial charge < -0.3 is 25.3 Å². The molecule has 0 aliphatic carbocycles. The third-order valence-corrected chi connectivity index (χ3v) is 5.82. The zero-order valence-corrected chi connectivity index (χ0v) is 23.7. The first-order valence-electron chi connectivity index (χ1n) is 11.9. The molecule has 4 heterocycles. The summed E-state index contributed by atoms with van der Waals surface area (Å²) in [6, 6.07) is 9.29. The van der Waals surface area contributed by atoms with Crippen LogP contribution in [-0.4, -0.2) is 60.5 Å². The molecule has 0 amide bonds. The minimum Gasteiger partial charge on any atom is -0.491 e. The van der Waals surface area contributed by atoms with Crippen molar-refractivity contribution in [3.63, 3.8) is 0 Å². The smallest absolute Gasteiger partial charge is 0.490 e. The first kappa shape index (κ1) is 33.9. The van der Waals surface area contributed by atoms with Crippen LogP contribution in [0.3, 0.4) is 0 Å². The minimum atomic E-state index is -5.08. The molecule has 18 heteroatoms. The number of carboxylic acid groups (broad SMARTS) is 2. The summed E-state index contributed by atoms with van der Waals surface area (Å²) in [6.07, 6.45) is -4.90. The Kier molecular flexibility index (Phi) is 10.3. The summed E-state index contributed by atoms with van der Waals surface area (Å²) in [6.45, 7) is 3.90. The number of nitrogens with zero attached hydrogens (tertiary/aromatic N) is 3. The number of imidazole rings is 1. The van der Waals surface area contributed by atoms with Crippen LogP contribution in [-0.2, 0) is 9.59 Å². The van der Waals surface area contributed by atoms with Crippen molar-refractivity contribution in [1.82, 2.24) is 19.9 Å². The van der Waals surface area contributed by atoms with Crippen molar-refractivity contribution < 1.29 is 50.9 Å². The largest absolute Gasteiger partial charge is 0.491 e. The van der Waals surface area contributed by atoms with Gasteiger partial charge in [0.05, 0.1) is 39.3 Å². The van der Waals surface area contributed by atoms with Crippen LogP contribution in [0.15, 0.2) is 48.9 Å². The number of aromatic nitrogens is 4. The molecular weight excluding hydrogens is 647 g/mol. The van der Waals surface area contributed by atoms with Crippen LogP contribution in [0.2, 0.25) is 10.0 Å². The number of halogens is 8. The van der Waals surface area contributed by atoms with Crippen LogP contribution in [0.25, 0.3) is 33.9 Å². The third kappa shape index (κ3) is 8.29. The third-order valence-electron chi connectivity index (χ3n) is 5.22. The molecule has 1 aliphatic rings. The predicted molar refractivity (Wildman–Crippen MR) is 147 cm³/mol. The molecule has 3 aromatic heterocycles. The molecule has 0 spiro atoms. The van der Waals surface area contributed by atoms with E-state index < -0.39 is 24.3 Å². The van der Waals surface area contributed by atoms with E-state index >= 15 is 0 Å². The number of pyridine rings is 2. The van der Waals surface area contributed by atoms with Gasteiger partial charge in [-0.05, 0) is 44.2 Å². The zero-order chi connectivity index (χ0) is 33.0. The standard InChI is InChI=1S/C22H17Cl2N5O.2C2HF3O2/c1-11(2)30-12-8-15(23)18(16(24)9-12)22-28-19-13-5-7-25-10-17(13)27-21-14(20(19)29-22)4-3-6-26-21;2*3-2(4,5)1(6)7/h3-11H,1-2H3,(H,26,27)(H,28,29);2*(H,6,7). The molecule has 4 aromatic rings. The lowest BCUT2D eigenvalue weighted by Crippen LogP contribution is -2.21. The molecule has 1 aromatic carbocycles. The molecule has 0 saturated carbocycles.